The zero-order valence-corrected chi connectivity index (χ0v) is 15.9. The lowest BCUT2D eigenvalue weighted by Gasteiger charge is -2.29. The fraction of sp³-hybridized carbons (Fsp3) is 0.476. The van der Waals surface area contributed by atoms with Crippen molar-refractivity contribution in [1.82, 2.24) is 25.3 Å². The predicted octanol–water partition coefficient (Wildman–Crippen LogP) is 4.08. The largest absolute Gasteiger partial charge is 0.339 e. The van der Waals surface area contributed by atoms with Crippen LogP contribution in [0.2, 0.25) is 0 Å². The smallest absolute Gasteiger partial charge is 0.230 e. The molecule has 2 aromatic heterocycles. The Morgan fingerprint density at radius 2 is 1.71 bits per heavy atom. The van der Waals surface area contributed by atoms with Gasteiger partial charge in [0.1, 0.15) is 11.6 Å². The van der Waals surface area contributed by atoms with Gasteiger partial charge in [-0.25, -0.2) is 4.98 Å². The summed E-state index contributed by atoms with van der Waals surface area (Å²) in [6.45, 7) is 1.87. The number of nitrogens with one attached hydrogen (secondary N) is 1. The van der Waals surface area contributed by atoms with Crippen molar-refractivity contribution in [2.45, 2.75) is 51.4 Å². The van der Waals surface area contributed by atoms with Crippen LogP contribution >= 0.6 is 0 Å². The molecule has 3 aromatic rings. The quantitative estimate of drug-likeness (QED) is 0.738. The summed E-state index contributed by atoms with van der Waals surface area (Å²) in [5.41, 5.74) is 1.78. The highest BCUT2D eigenvalue weighted by Gasteiger charge is 2.39. The van der Waals surface area contributed by atoms with Gasteiger partial charge in [-0.05, 0) is 38.7 Å². The molecule has 0 aliphatic heterocycles. The first-order valence-electron chi connectivity index (χ1n) is 10.0. The molecule has 28 heavy (non-hydrogen) atoms. The third kappa shape index (κ3) is 3.15. The van der Waals surface area contributed by atoms with Crippen LogP contribution in [0.15, 0.2) is 28.8 Å². The highest BCUT2D eigenvalue weighted by molar-refractivity contribution is 5.84. The summed E-state index contributed by atoms with van der Waals surface area (Å²) in [6.07, 6.45) is 6.00. The molecule has 2 unspecified atom stereocenters. The third-order valence-corrected chi connectivity index (χ3v) is 6.07. The third-order valence-electron chi connectivity index (χ3n) is 6.07. The minimum absolute atomic E-state index is 0.166. The summed E-state index contributed by atoms with van der Waals surface area (Å²) in [5.74, 6) is 3.64. The van der Waals surface area contributed by atoms with E-state index in [1.54, 1.807) is 0 Å². The SMILES string of the molecule is Cc1nc(-c2cccc(-c3noc(C4CC5CCCCC(C4)C5=O)n3)c2)n[nH]1. The van der Waals surface area contributed by atoms with Crippen molar-refractivity contribution in [2.75, 3.05) is 0 Å². The second kappa shape index (κ2) is 6.96. The van der Waals surface area contributed by atoms with Crippen molar-refractivity contribution in [1.29, 1.82) is 0 Å². The Hall–Kier alpha value is -2.83. The molecule has 2 aliphatic carbocycles. The van der Waals surface area contributed by atoms with Crippen LogP contribution < -0.4 is 0 Å². The topological polar surface area (TPSA) is 97.6 Å². The molecule has 0 amide bonds. The fourth-order valence-electron chi connectivity index (χ4n) is 4.64. The Morgan fingerprint density at radius 3 is 2.39 bits per heavy atom. The molecule has 2 bridgehead atoms. The average Bonchev–Trinajstić information content (AvgIpc) is 3.35. The normalized spacial score (nSPS) is 24.9. The Labute approximate surface area is 163 Å². The summed E-state index contributed by atoms with van der Waals surface area (Å²) < 4.78 is 5.64. The predicted molar refractivity (Wildman–Crippen MR) is 102 cm³/mol. The van der Waals surface area contributed by atoms with Crippen LogP contribution in [-0.4, -0.2) is 31.1 Å². The molecule has 0 saturated heterocycles. The number of rotatable bonds is 3. The maximum Gasteiger partial charge on any atom is 0.230 e. The first kappa shape index (κ1) is 17.3. The summed E-state index contributed by atoms with van der Waals surface area (Å²) in [5, 5.41) is 11.3. The molecule has 5 rings (SSSR count). The number of aromatic nitrogens is 5. The van der Waals surface area contributed by atoms with Gasteiger partial charge in [-0.3, -0.25) is 9.89 Å². The van der Waals surface area contributed by atoms with Crippen molar-refractivity contribution >= 4 is 5.78 Å². The lowest BCUT2D eigenvalue weighted by Crippen LogP contribution is -2.30. The molecule has 7 nitrogen and oxygen atoms in total. The van der Waals surface area contributed by atoms with Gasteiger partial charge in [-0.15, -0.1) is 0 Å². The first-order chi connectivity index (χ1) is 13.7. The average molecular weight is 377 g/mol. The Bertz CT molecular complexity index is 990. The van der Waals surface area contributed by atoms with E-state index in [2.05, 4.69) is 25.3 Å². The van der Waals surface area contributed by atoms with Crippen LogP contribution in [0.25, 0.3) is 22.8 Å². The second-order valence-corrected chi connectivity index (χ2v) is 8.03. The number of Topliss-reactive ketones (excluding diaryl/α,β-unsaturated/α-hetero) is 1. The number of aromatic amines is 1. The van der Waals surface area contributed by atoms with Gasteiger partial charge in [0.05, 0.1) is 0 Å². The van der Waals surface area contributed by atoms with Crippen LogP contribution in [-0.2, 0) is 4.79 Å². The maximum atomic E-state index is 12.5. The molecule has 2 heterocycles. The van der Waals surface area contributed by atoms with Gasteiger partial charge in [0.15, 0.2) is 5.82 Å². The molecule has 2 saturated carbocycles. The van der Waals surface area contributed by atoms with Gasteiger partial charge in [-0.2, -0.15) is 10.1 Å². The van der Waals surface area contributed by atoms with Crippen molar-refractivity contribution in [2.24, 2.45) is 11.8 Å². The van der Waals surface area contributed by atoms with Crippen molar-refractivity contribution in [3.63, 3.8) is 0 Å². The zero-order chi connectivity index (χ0) is 19.1. The van der Waals surface area contributed by atoms with Crippen LogP contribution in [0.3, 0.4) is 0 Å². The minimum atomic E-state index is 0.166. The van der Waals surface area contributed by atoms with Crippen LogP contribution in [0.4, 0.5) is 0 Å². The molecular formula is C21H23N5O2. The van der Waals surface area contributed by atoms with Gasteiger partial charge < -0.3 is 4.52 Å². The van der Waals surface area contributed by atoms with E-state index >= 15 is 0 Å². The van der Waals surface area contributed by atoms with Crippen LogP contribution in [0.1, 0.15) is 56.2 Å². The molecular weight excluding hydrogens is 354 g/mol. The van der Waals surface area contributed by atoms with E-state index in [9.17, 15) is 4.79 Å². The number of hydrogen-bond acceptors (Lipinski definition) is 6. The highest BCUT2D eigenvalue weighted by atomic mass is 16.5. The number of hydrogen-bond donors (Lipinski definition) is 1. The Balaban J connectivity index is 1.40. The van der Waals surface area contributed by atoms with E-state index in [-0.39, 0.29) is 17.8 Å². The number of carbonyl (C=O) groups excluding carboxylic acids is 1. The van der Waals surface area contributed by atoms with Crippen molar-refractivity contribution < 1.29 is 9.32 Å². The molecule has 7 heteroatoms. The lowest BCUT2D eigenvalue weighted by atomic mass is 9.73. The molecule has 0 radical (unpaired) electrons. The lowest BCUT2D eigenvalue weighted by molar-refractivity contribution is -0.129. The van der Waals surface area contributed by atoms with Crippen molar-refractivity contribution in [3.05, 3.63) is 36.0 Å². The van der Waals surface area contributed by atoms with Gasteiger partial charge in [0.25, 0.3) is 0 Å². The molecule has 0 spiro atoms. The van der Waals surface area contributed by atoms with Crippen molar-refractivity contribution in [3.8, 4) is 22.8 Å². The zero-order valence-electron chi connectivity index (χ0n) is 15.9. The minimum Gasteiger partial charge on any atom is -0.339 e. The van der Waals surface area contributed by atoms with Gasteiger partial charge in [0.2, 0.25) is 11.7 Å². The number of ketones is 1. The van der Waals surface area contributed by atoms with E-state index in [0.717, 1.165) is 55.5 Å². The number of benzene rings is 1. The molecule has 2 aliphatic rings. The van der Waals surface area contributed by atoms with E-state index in [4.69, 9.17) is 4.52 Å². The highest BCUT2D eigenvalue weighted by Crippen LogP contribution is 2.43. The van der Waals surface area contributed by atoms with E-state index in [1.807, 2.05) is 31.2 Å². The van der Waals surface area contributed by atoms with Crippen LogP contribution in [0, 0.1) is 18.8 Å². The van der Waals surface area contributed by atoms with Crippen LogP contribution in [0.5, 0.6) is 0 Å². The second-order valence-electron chi connectivity index (χ2n) is 8.03. The standard InChI is InChI=1S/C21H23N5O2/c1-12-22-19(25-24-12)15-7-4-8-16(11-15)20-23-21(28-26-20)17-9-13-5-2-3-6-14(10-17)18(13)27/h4,7-8,11,13-14,17H,2-3,5-6,9-10H2,1H3,(H,22,24,25). The Kier molecular flexibility index (Phi) is 4.30. The number of aryl methyl sites for hydroxylation is 1. The summed E-state index contributed by atoms with van der Waals surface area (Å²) in [7, 11) is 0. The number of carbonyl (C=O) groups is 1. The monoisotopic (exact) mass is 377 g/mol. The van der Waals surface area contributed by atoms with E-state index in [0.29, 0.717) is 23.3 Å². The van der Waals surface area contributed by atoms with E-state index in [1.165, 1.54) is 0 Å². The molecule has 1 aromatic carbocycles. The number of fused-ring (bicyclic) bond motifs is 2. The summed E-state index contributed by atoms with van der Waals surface area (Å²) in [4.78, 5) is 21.6. The van der Waals surface area contributed by atoms with E-state index < -0.39 is 0 Å². The van der Waals surface area contributed by atoms with Gasteiger partial charge >= 0.3 is 0 Å². The number of H-pyrrole nitrogens is 1. The molecule has 1 N–H and O–H groups in total. The maximum absolute atomic E-state index is 12.5. The molecule has 2 atom stereocenters. The summed E-state index contributed by atoms with van der Waals surface area (Å²) >= 11 is 0. The molecule has 144 valence electrons. The van der Waals surface area contributed by atoms with Gasteiger partial charge in [-0.1, -0.05) is 36.2 Å². The van der Waals surface area contributed by atoms with Gasteiger partial charge in [0, 0.05) is 28.9 Å². The molecule has 2 fully saturated rings. The Morgan fingerprint density at radius 1 is 1.00 bits per heavy atom. The number of nitrogens with zero attached hydrogens (tertiary/aromatic N) is 4. The fourth-order valence-corrected chi connectivity index (χ4v) is 4.64. The first-order valence-corrected chi connectivity index (χ1v) is 10.0. The summed E-state index contributed by atoms with van der Waals surface area (Å²) in [6, 6.07) is 7.84.